The zero-order chi connectivity index (χ0) is 25.0. The molecule has 0 spiro atoms. The molecular formula is C27H29N3O4S. The van der Waals surface area contributed by atoms with Crippen LogP contribution >= 0.6 is 0 Å². The van der Waals surface area contributed by atoms with Crippen molar-refractivity contribution in [3.8, 4) is 0 Å². The van der Waals surface area contributed by atoms with Crippen molar-refractivity contribution in [3.05, 3.63) is 95.1 Å². The molecule has 3 aromatic rings. The number of hydrogen-bond donors (Lipinski definition) is 2. The average molecular weight is 492 g/mol. The molecule has 0 atom stereocenters. The van der Waals surface area contributed by atoms with Gasteiger partial charge in [0.05, 0.1) is 4.90 Å². The van der Waals surface area contributed by atoms with Crippen LogP contribution in [0.15, 0.2) is 77.7 Å². The Bertz CT molecular complexity index is 1310. The predicted molar refractivity (Wildman–Crippen MR) is 136 cm³/mol. The maximum atomic E-state index is 12.9. The first kappa shape index (κ1) is 24.5. The highest BCUT2D eigenvalue weighted by Gasteiger charge is 2.25. The minimum Gasteiger partial charge on any atom is -0.349 e. The van der Waals surface area contributed by atoms with Crippen molar-refractivity contribution in [2.45, 2.75) is 37.6 Å². The van der Waals surface area contributed by atoms with Gasteiger partial charge in [0.2, 0.25) is 0 Å². The van der Waals surface area contributed by atoms with Gasteiger partial charge in [0.15, 0.2) is 0 Å². The summed E-state index contributed by atoms with van der Waals surface area (Å²) < 4.78 is 28.1. The molecule has 1 saturated heterocycles. The molecule has 2 amide bonds. The number of hydrogen-bond acceptors (Lipinski definition) is 4. The van der Waals surface area contributed by atoms with Crippen molar-refractivity contribution in [2.24, 2.45) is 0 Å². The number of rotatable bonds is 6. The number of carbonyl (C=O) groups is 2. The summed E-state index contributed by atoms with van der Waals surface area (Å²) >= 11 is 0. The van der Waals surface area contributed by atoms with Crippen LogP contribution in [-0.2, 0) is 10.0 Å². The van der Waals surface area contributed by atoms with Crippen molar-refractivity contribution < 1.29 is 18.0 Å². The number of benzene rings is 3. The van der Waals surface area contributed by atoms with E-state index in [4.69, 9.17) is 0 Å². The van der Waals surface area contributed by atoms with E-state index < -0.39 is 10.0 Å². The summed E-state index contributed by atoms with van der Waals surface area (Å²) in [7, 11) is -3.77. The van der Waals surface area contributed by atoms with Gasteiger partial charge in [-0.2, -0.15) is 0 Å². The third-order valence-electron chi connectivity index (χ3n) is 6.32. The second kappa shape index (κ2) is 10.3. The van der Waals surface area contributed by atoms with Crippen molar-refractivity contribution in [2.75, 3.05) is 17.8 Å². The van der Waals surface area contributed by atoms with E-state index in [1.54, 1.807) is 41.3 Å². The number of likely N-dealkylation sites (tertiary alicyclic amines) is 1. The Labute approximate surface area is 206 Å². The number of amides is 2. The number of anilines is 1. The summed E-state index contributed by atoms with van der Waals surface area (Å²) in [6, 6.07) is 20.4. The fraction of sp³-hybridized carbons (Fsp3) is 0.259. The second-order valence-electron chi connectivity index (χ2n) is 8.83. The third kappa shape index (κ3) is 5.89. The molecule has 8 heteroatoms. The van der Waals surface area contributed by atoms with E-state index in [2.05, 4.69) is 10.0 Å². The van der Waals surface area contributed by atoms with Crippen LogP contribution in [-0.4, -0.2) is 44.3 Å². The first-order valence-corrected chi connectivity index (χ1v) is 13.1. The maximum Gasteiger partial charge on any atom is 0.261 e. The van der Waals surface area contributed by atoms with Crippen molar-refractivity contribution >= 4 is 27.5 Å². The average Bonchev–Trinajstić information content (AvgIpc) is 2.87. The SMILES string of the molecule is Cc1ccc(NS(=O)(=O)c2ccc(C(=O)N3CCC(NC(=O)c4ccccc4)CC3)cc2)cc1C. The van der Waals surface area contributed by atoms with Gasteiger partial charge in [-0.15, -0.1) is 0 Å². The minimum atomic E-state index is -3.77. The fourth-order valence-corrected chi connectivity index (χ4v) is 5.11. The number of nitrogens with one attached hydrogen (secondary N) is 2. The van der Waals surface area contributed by atoms with Crippen molar-refractivity contribution in [1.29, 1.82) is 0 Å². The molecule has 4 rings (SSSR count). The molecule has 35 heavy (non-hydrogen) atoms. The molecule has 182 valence electrons. The topological polar surface area (TPSA) is 95.6 Å². The molecule has 0 saturated carbocycles. The second-order valence-corrected chi connectivity index (χ2v) is 10.5. The van der Waals surface area contributed by atoms with Crippen molar-refractivity contribution in [3.63, 3.8) is 0 Å². The van der Waals surface area contributed by atoms with E-state index >= 15 is 0 Å². The Morgan fingerprint density at radius 3 is 2.11 bits per heavy atom. The maximum absolute atomic E-state index is 12.9. The van der Waals surface area contributed by atoms with Gasteiger partial charge in [-0.3, -0.25) is 14.3 Å². The van der Waals surface area contributed by atoms with E-state index in [9.17, 15) is 18.0 Å². The highest BCUT2D eigenvalue weighted by atomic mass is 32.2. The largest absolute Gasteiger partial charge is 0.349 e. The van der Waals surface area contributed by atoms with E-state index in [1.807, 2.05) is 38.1 Å². The Kier molecular flexibility index (Phi) is 7.21. The summed E-state index contributed by atoms with van der Waals surface area (Å²) in [5.41, 5.74) is 3.62. The highest BCUT2D eigenvalue weighted by molar-refractivity contribution is 7.92. The summed E-state index contributed by atoms with van der Waals surface area (Å²) in [5.74, 6) is -0.259. The first-order chi connectivity index (χ1) is 16.7. The van der Waals surface area contributed by atoms with Gasteiger partial charge in [-0.05, 0) is 86.3 Å². The first-order valence-electron chi connectivity index (χ1n) is 11.6. The summed E-state index contributed by atoms with van der Waals surface area (Å²) in [5, 5.41) is 3.03. The molecule has 2 N–H and O–H groups in total. The predicted octanol–water partition coefficient (Wildman–Crippen LogP) is 4.14. The third-order valence-corrected chi connectivity index (χ3v) is 7.72. The van der Waals surface area contributed by atoms with Gasteiger partial charge in [0, 0.05) is 35.9 Å². The molecule has 0 aromatic heterocycles. The molecule has 1 aliphatic rings. The minimum absolute atomic E-state index is 0.00996. The van der Waals surface area contributed by atoms with Crippen LogP contribution in [0.1, 0.15) is 44.7 Å². The van der Waals surface area contributed by atoms with Gasteiger partial charge in [-0.25, -0.2) is 8.42 Å². The Balaban J connectivity index is 1.34. The molecule has 0 aliphatic carbocycles. The van der Waals surface area contributed by atoms with E-state index in [1.165, 1.54) is 12.1 Å². The number of nitrogens with zero attached hydrogens (tertiary/aromatic N) is 1. The van der Waals surface area contributed by atoms with Gasteiger partial charge in [-0.1, -0.05) is 24.3 Å². The molecule has 1 heterocycles. The van der Waals surface area contributed by atoms with Crippen LogP contribution in [0.5, 0.6) is 0 Å². The quantitative estimate of drug-likeness (QED) is 0.542. The van der Waals surface area contributed by atoms with Crippen LogP contribution in [0.2, 0.25) is 0 Å². The van der Waals surface area contributed by atoms with Crippen LogP contribution in [0.25, 0.3) is 0 Å². The van der Waals surface area contributed by atoms with Crippen LogP contribution in [0.3, 0.4) is 0 Å². The Morgan fingerprint density at radius 2 is 1.49 bits per heavy atom. The standard InChI is InChI=1S/C27H29N3O4S/c1-19-8-11-24(18-20(19)2)29-35(33,34)25-12-9-22(10-13-25)27(32)30-16-14-23(15-17-30)28-26(31)21-6-4-3-5-7-21/h3-13,18,23,29H,14-17H2,1-2H3,(H,28,31). The summed E-state index contributed by atoms with van der Waals surface area (Å²) in [6.07, 6.45) is 1.33. The fourth-order valence-electron chi connectivity index (χ4n) is 4.06. The molecule has 7 nitrogen and oxygen atoms in total. The number of aryl methyl sites for hydroxylation is 2. The molecule has 0 unspecified atom stereocenters. The van der Waals surface area contributed by atoms with E-state index in [0.29, 0.717) is 42.7 Å². The normalized spacial score (nSPS) is 14.4. The Morgan fingerprint density at radius 1 is 0.829 bits per heavy atom. The van der Waals surface area contributed by atoms with Crippen LogP contribution < -0.4 is 10.0 Å². The lowest BCUT2D eigenvalue weighted by molar-refractivity contribution is 0.0698. The lowest BCUT2D eigenvalue weighted by Gasteiger charge is -2.32. The van der Waals surface area contributed by atoms with Gasteiger partial charge >= 0.3 is 0 Å². The zero-order valence-corrected chi connectivity index (χ0v) is 20.6. The molecule has 1 aliphatic heterocycles. The van der Waals surface area contributed by atoms with Gasteiger partial charge in [0.25, 0.3) is 21.8 Å². The molecule has 0 bridgehead atoms. The smallest absolute Gasteiger partial charge is 0.261 e. The zero-order valence-electron chi connectivity index (χ0n) is 19.8. The number of carbonyl (C=O) groups excluding carboxylic acids is 2. The Hall–Kier alpha value is -3.65. The lowest BCUT2D eigenvalue weighted by atomic mass is 10.0. The van der Waals surface area contributed by atoms with E-state index in [-0.39, 0.29) is 22.8 Å². The monoisotopic (exact) mass is 491 g/mol. The number of piperidine rings is 1. The van der Waals surface area contributed by atoms with Crippen molar-refractivity contribution in [1.82, 2.24) is 10.2 Å². The molecule has 0 radical (unpaired) electrons. The van der Waals surface area contributed by atoms with E-state index in [0.717, 1.165) is 11.1 Å². The molecular weight excluding hydrogens is 462 g/mol. The molecule has 1 fully saturated rings. The van der Waals surface area contributed by atoms with Gasteiger partial charge in [0.1, 0.15) is 0 Å². The molecule has 3 aromatic carbocycles. The highest BCUT2D eigenvalue weighted by Crippen LogP contribution is 2.21. The summed E-state index contributed by atoms with van der Waals surface area (Å²) in [6.45, 7) is 4.93. The lowest BCUT2D eigenvalue weighted by Crippen LogP contribution is -2.46. The van der Waals surface area contributed by atoms with Gasteiger partial charge < -0.3 is 10.2 Å². The summed E-state index contributed by atoms with van der Waals surface area (Å²) in [4.78, 5) is 27.1. The van der Waals surface area contributed by atoms with Crippen LogP contribution in [0, 0.1) is 13.8 Å². The van der Waals surface area contributed by atoms with Crippen LogP contribution in [0.4, 0.5) is 5.69 Å². The number of sulfonamides is 1.